The van der Waals surface area contributed by atoms with Crippen molar-refractivity contribution in [2.45, 2.75) is 51.5 Å². The van der Waals surface area contributed by atoms with Crippen LogP contribution >= 0.6 is 0 Å². The molecule has 0 aliphatic heterocycles. The molecule has 1 heterocycles. The lowest BCUT2D eigenvalue weighted by Gasteiger charge is -2.25. The molecule has 0 atom stereocenters. The Morgan fingerprint density at radius 3 is 2.88 bits per heavy atom. The van der Waals surface area contributed by atoms with Crippen LogP contribution in [-0.2, 0) is 17.8 Å². The highest BCUT2D eigenvalue weighted by Crippen LogP contribution is 2.36. The Morgan fingerprint density at radius 1 is 1.62 bits per heavy atom. The van der Waals surface area contributed by atoms with E-state index in [4.69, 9.17) is 5.11 Å². The second-order valence-corrected chi connectivity index (χ2v) is 4.40. The van der Waals surface area contributed by atoms with E-state index in [1.54, 1.807) is 0 Å². The van der Waals surface area contributed by atoms with Crippen molar-refractivity contribution in [3.8, 4) is 0 Å². The van der Waals surface area contributed by atoms with E-state index in [0.29, 0.717) is 12.3 Å². The smallest absolute Gasteiger partial charge is 0.303 e. The predicted octanol–water partition coefficient (Wildman–Crippen LogP) is 2.19. The topological polar surface area (TPSA) is 55.1 Å². The maximum Gasteiger partial charge on any atom is 0.303 e. The maximum absolute atomic E-state index is 10.5. The highest BCUT2D eigenvalue weighted by Gasteiger charge is 2.23. The largest absolute Gasteiger partial charge is 0.481 e. The van der Waals surface area contributed by atoms with Gasteiger partial charge in [0, 0.05) is 24.6 Å². The van der Waals surface area contributed by atoms with Gasteiger partial charge in [-0.05, 0) is 25.8 Å². The number of hydrogen-bond acceptors (Lipinski definition) is 2. The Morgan fingerprint density at radius 2 is 2.38 bits per heavy atom. The van der Waals surface area contributed by atoms with E-state index in [1.165, 1.54) is 25.0 Å². The van der Waals surface area contributed by atoms with Gasteiger partial charge in [0.25, 0.3) is 0 Å². The SMILES string of the molecule is CCn1nc(CCC(=O)O)cc1C1CCC1. The van der Waals surface area contributed by atoms with Crippen molar-refractivity contribution in [2.24, 2.45) is 0 Å². The van der Waals surface area contributed by atoms with Crippen molar-refractivity contribution < 1.29 is 9.90 Å². The van der Waals surface area contributed by atoms with E-state index in [0.717, 1.165) is 12.2 Å². The van der Waals surface area contributed by atoms with E-state index in [1.807, 2.05) is 4.68 Å². The van der Waals surface area contributed by atoms with E-state index < -0.39 is 5.97 Å². The summed E-state index contributed by atoms with van der Waals surface area (Å²) in [6.45, 7) is 2.95. The highest BCUT2D eigenvalue weighted by molar-refractivity contribution is 5.66. The van der Waals surface area contributed by atoms with Crippen LogP contribution in [0.25, 0.3) is 0 Å². The maximum atomic E-state index is 10.5. The molecule has 1 aliphatic carbocycles. The average molecular weight is 222 g/mol. The van der Waals surface area contributed by atoms with Crippen LogP contribution < -0.4 is 0 Å². The Balaban J connectivity index is 2.08. The molecule has 4 nitrogen and oxygen atoms in total. The lowest BCUT2D eigenvalue weighted by Crippen LogP contribution is -2.14. The molecule has 1 aromatic rings. The molecule has 2 rings (SSSR count). The number of aliphatic carboxylic acids is 1. The minimum Gasteiger partial charge on any atom is -0.481 e. The summed E-state index contributed by atoms with van der Waals surface area (Å²) in [4.78, 5) is 10.5. The van der Waals surface area contributed by atoms with E-state index in [2.05, 4.69) is 18.1 Å². The van der Waals surface area contributed by atoms with Gasteiger partial charge >= 0.3 is 5.97 Å². The van der Waals surface area contributed by atoms with Gasteiger partial charge in [-0.15, -0.1) is 0 Å². The molecule has 1 aliphatic rings. The van der Waals surface area contributed by atoms with Gasteiger partial charge in [0.1, 0.15) is 0 Å². The van der Waals surface area contributed by atoms with Gasteiger partial charge < -0.3 is 5.11 Å². The van der Waals surface area contributed by atoms with Gasteiger partial charge in [-0.2, -0.15) is 5.10 Å². The molecule has 1 fully saturated rings. The molecule has 0 radical (unpaired) electrons. The van der Waals surface area contributed by atoms with Gasteiger partial charge in [0.05, 0.1) is 12.1 Å². The number of carbonyl (C=O) groups is 1. The van der Waals surface area contributed by atoms with E-state index >= 15 is 0 Å². The fourth-order valence-electron chi connectivity index (χ4n) is 2.13. The third-order valence-corrected chi connectivity index (χ3v) is 3.28. The molecule has 1 N–H and O–H groups in total. The highest BCUT2D eigenvalue weighted by atomic mass is 16.4. The van der Waals surface area contributed by atoms with Crippen molar-refractivity contribution in [3.63, 3.8) is 0 Å². The number of rotatable bonds is 5. The minimum atomic E-state index is -0.753. The Bertz CT molecular complexity index is 380. The molecule has 0 bridgehead atoms. The van der Waals surface area contributed by atoms with Crippen molar-refractivity contribution in [3.05, 3.63) is 17.5 Å². The molecular formula is C12H18N2O2. The zero-order chi connectivity index (χ0) is 11.5. The summed E-state index contributed by atoms with van der Waals surface area (Å²) in [5.41, 5.74) is 2.22. The summed E-state index contributed by atoms with van der Waals surface area (Å²) in [6.07, 6.45) is 4.53. The first-order chi connectivity index (χ1) is 7.70. The summed E-state index contributed by atoms with van der Waals surface area (Å²) >= 11 is 0. The molecule has 4 heteroatoms. The van der Waals surface area contributed by atoms with Gasteiger partial charge in [-0.25, -0.2) is 0 Å². The van der Waals surface area contributed by atoms with Crippen molar-refractivity contribution >= 4 is 5.97 Å². The second-order valence-electron chi connectivity index (χ2n) is 4.40. The first kappa shape index (κ1) is 11.2. The Kier molecular flexibility index (Phi) is 3.27. The lowest BCUT2D eigenvalue weighted by molar-refractivity contribution is -0.136. The summed E-state index contributed by atoms with van der Waals surface area (Å²) in [6, 6.07) is 2.09. The lowest BCUT2D eigenvalue weighted by atomic mass is 9.82. The first-order valence-electron chi connectivity index (χ1n) is 5.99. The molecule has 88 valence electrons. The van der Waals surface area contributed by atoms with Crippen LogP contribution in [0.3, 0.4) is 0 Å². The molecule has 0 unspecified atom stereocenters. The number of nitrogens with zero attached hydrogens (tertiary/aromatic N) is 2. The van der Waals surface area contributed by atoms with Crippen molar-refractivity contribution in [1.82, 2.24) is 9.78 Å². The quantitative estimate of drug-likeness (QED) is 0.830. The number of carboxylic acid groups (broad SMARTS) is 1. The molecule has 1 aromatic heterocycles. The summed E-state index contributed by atoms with van der Waals surface area (Å²) in [5, 5.41) is 13.1. The Labute approximate surface area is 95.3 Å². The van der Waals surface area contributed by atoms with Crippen molar-refractivity contribution in [2.75, 3.05) is 0 Å². The fraction of sp³-hybridized carbons (Fsp3) is 0.667. The molecule has 0 amide bonds. The summed E-state index contributed by atoms with van der Waals surface area (Å²) in [7, 11) is 0. The number of aromatic nitrogens is 2. The fourth-order valence-corrected chi connectivity index (χ4v) is 2.13. The zero-order valence-electron chi connectivity index (χ0n) is 9.65. The standard InChI is InChI=1S/C12H18N2O2/c1-2-14-11(9-4-3-5-9)8-10(13-14)6-7-12(15)16/h8-9H,2-7H2,1H3,(H,15,16). The van der Waals surface area contributed by atoms with Crippen LogP contribution in [0.1, 0.15) is 49.9 Å². The third kappa shape index (κ3) is 2.26. The van der Waals surface area contributed by atoms with E-state index in [-0.39, 0.29) is 6.42 Å². The van der Waals surface area contributed by atoms with Gasteiger partial charge in [0.2, 0.25) is 0 Å². The van der Waals surface area contributed by atoms with Gasteiger partial charge in [0.15, 0.2) is 0 Å². The van der Waals surface area contributed by atoms with Crippen LogP contribution in [-0.4, -0.2) is 20.9 Å². The molecular weight excluding hydrogens is 204 g/mol. The molecule has 0 saturated heterocycles. The average Bonchev–Trinajstić information content (AvgIpc) is 2.55. The van der Waals surface area contributed by atoms with Crippen LogP contribution in [0.15, 0.2) is 6.07 Å². The monoisotopic (exact) mass is 222 g/mol. The second kappa shape index (κ2) is 4.68. The Hall–Kier alpha value is -1.32. The van der Waals surface area contributed by atoms with Gasteiger partial charge in [-0.1, -0.05) is 6.42 Å². The molecule has 16 heavy (non-hydrogen) atoms. The normalized spacial score (nSPS) is 16.1. The van der Waals surface area contributed by atoms with Crippen LogP contribution in [0.5, 0.6) is 0 Å². The number of aryl methyl sites for hydroxylation is 2. The first-order valence-corrected chi connectivity index (χ1v) is 5.99. The number of hydrogen-bond donors (Lipinski definition) is 1. The van der Waals surface area contributed by atoms with Gasteiger partial charge in [-0.3, -0.25) is 9.48 Å². The van der Waals surface area contributed by atoms with Crippen LogP contribution in [0.2, 0.25) is 0 Å². The molecule has 0 aromatic carbocycles. The van der Waals surface area contributed by atoms with Crippen LogP contribution in [0.4, 0.5) is 0 Å². The van der Waals surface area contributed by atoms with E-state index in [9.17, 15) is 4.79 Å². The molecule has 1 saturated carbocycles. The van der Waals surface area contributed by atoms with Crippen molar-refractivity contribution in [1.29, 1.82) is 0 Å². The van der Waals surface area contributed by atoms with Crippen LogP contribution in [0, 0.1) is 0 Å². The predicted molar refractivity (Wildman–Crippen MR) is 60.4 cm³/mol. The minimum absolute atomic E-state index is 0.171. The summed E-state index contributed by atoms with van der Waals surface area (Å²) < 4.78 is 2.03. The zero-order valence-corrected chi connectivity index (χ0v) is 9.65. The number of carboxylic acids is 1. The summed E-state index contributed by atoms with van der Waals surface area (Å²) in [5.74, 6) is -0.0951. The third-order valence-electron chi connectivity index (χ3n) is 3.28. The molecule has 0 spiro atoms.